The monoisotopic (exact) mass is 327 g/mol. The van der Waals surface area contributed by atoms with E-state index >= 15 is 0 Å². The zero-order valence-corrected chi connectivity index (χ0v) is 14.4. The highest BCUT2D eigenvalue weighted by Crippen LogP contribution is 2.51. The predicted octanol–water partition coefficient (Wildman–Crippen LogP) is 5.87. The van der Waals surface area contributed by atoms with Gasteiger partial charge in [0.25, 0.3) is 0 Å². The van der Waals surface area contributed by atoms with Gasteiger partial charge < -0.3 is 5.11 Å². The van der Waals surface area contributed by atoms with Crippen LogP contribution < -0.4 is 0 Å². The van der Waals surface area contributed by atoms with E-state index in [1.807, 2.05) is 18.2 Å². The van der Waals surface area contributed by atoms with Crippen LogP contribution in [-0.2, 0) is 0 Å². The number of benzene rings is 3. The zero-order valence-electron chi connectivity index (χ0n) is 14.4. The van der Waals surface area contributed by atoms with E-state index in [1.54, 1.807) is 0 Å². The molecule has 1 N–H and O–H groups in total. The third kappa shape index (κ3) is 2.21. The SMILES string of the molecule is Cc1ccc(C2c3c(cc(O)c4ccccc34)N=C3CCCC32)cc1. The predicted molar refractivity (Wildman–Crippen MR) is 103 cm³/mol. The van der Waals surface area contributed by atoms with Gasteiger partial charge in [-0.05, 0) is 42.7 Å². The van der Waals surface area contributed by atoms with Crippen LogP contribution in [0.1, 0.15) is 41.9 Å². The molecule has 0 spiro atoms. The first kappa shape index (κ1) is 14.7. The number of hydrogen-bond acceptors (Lipinski definition) is 2. The fourth-order valence-corrected chi connectivity index (χ4v) is 4.67. The number of rotatable bonds is 1. The fraction of sp³-hybridized carbons (Fsp3) is 0.261. The molecule has 2 heteroatoms. The normalized spacial score (nSPS) is 21.7. The molecule has 0 amide bonds. The summed E-state index contributed by atoms with van der Waals surface area (Å²) in [5, 5.41) is 12.6. The van der Waals surface area contributed by atoms with Crippen LogP contribution in [0.5, 0.6) is 5.75 Å². The van der Waals surface area contributed by atoms with Crippen molar-refractivity contribution >= 4 is 22.2 Å². The first-order valence-corrected chi connectivity index (χ1v) is 9.11. The lowest BCUT2D eigenvalue weighted by Crippen LogP contribution is -2.22. The number of aryl methyl sites for hydroxylation is 1. The topological polar surface area (TPSA) is 32.6 Å². The Morgan fingerprint density at radius 2 is 1.76 bits per heavy atom. The summed E-state index contributed by atoms with van der Waals surface area (Å²) in [6.07, 6.45) is 3.50. The molecule has 2 aliphatic rings. The Balaban J connectivity index is 1.83. The lowest BCUT2D eigenvalue weighted by Gasteiger charge is -2.32. The van der Waals surface area contributed by atoms with Crippen LogP contribution in [-0.4, -0.2) is 10.8 Å². The largest absolute Gasteiger partial charge is 0.507 e. The molecule has 2 unspecified atom stereocenters. The maximum Gasteiger partial charge on any atom is 0.125 e. The number of phenolic OH excluding ortho intramolecular Hbond substituents is 1. The molecule has 5 rings (SSSR count). The lowest BCUT2D eigenvalue weighted by atomic mass is 9.75. The average Bonchev–Trinajstić information content (AvgIpc) is 3.09. The first-order valence-electron chi connectivity index (χ1n) is 9.11. The van der Waals surface area contributed by atoms with Gasteiger partial charge in [0.2, 0.25) is 0 Å². The number of fused-ring (bicyclic) bond motifs is 4. The van der Waals surface area contributed by atoms with Crippen molar-refractivity contribution in [1.29, 1.82) is 0 Å². The number of aromatic hydroxyl groups is 1. The third-order valence-corrected chi connectivity index (χ3v) is 5.83. The van der Waals surface area contributed by atoms with Crippen molar-refractivity contribution in [2.45, 2.75) is 32.1 Å². The molecule has 0 aromatic heterocycles. The summed E-state index contributed by atoms with van der Waals surface area (Å²) < 4.78 is 0. The van der Waals surface area contributed by atoms with Crippen molar-refractivity contribution in [3.63, 3.8) is 0 Å². The van der Waals surface area contributed by atoms with Gasteiger partial charge in [-0.15, -0.1) is 0 Å². The molecule has 124 valence electrons. The van der Waals surface area contributed by atoms with E-state index < -0.39 is 0 Å². The maximum atomic E-state index is 10.5. The Hall–Kier alpha value is -2.61. The highest BCUT2D eigenvalue weighted by Gasteiger charge is 2.38. The molecule has 0 saturated heterocycles. The second-order valence-electron chi connectivity index (χ2n) is 7.36. The number of hydrogen-bond donors (Lipinski definition) is 1. The van der Waals surface area contributed by atoms with Gasteiger partial charge in [0.15, 0.2) is 0 Å². The van der Waals surface area contributed by atoms with Crippen molar-refractivity contribution < 1.29 is 5.11 Å². The van der Waals surface area contributed by atoms with Crippen LogP contribution in [0.25, 0.3) is 10.8 Å². The average molecular weight is 327 g/mol. The lowest BCUT2D eigenvalue weighted by molar-refractivity contribution is 0.481. The van der Waals surface area contributed by atoms with Crippen LogP contribution in [0.2, 0.25) is 0 Å². The smallest absolute Gasteiger partial charge is 0.125 e. The molecule has 1 heterocycles. The minimum Gasteiger partial charge on any atom is -0.507 e. The first-order chi connectivity index (χ1) is 12.2. The van der Waals surface area contributed by atoms with Crippen molar-refractivity contribution in [3.05, 3.63) is 71.3 Å². The molecule has 2 atom stereocenters. The van der Waals surface area contributed by atoms with E-state index in [9.17, 15) is 5.11 Å². The quantitative estimate of drug-likeness (QED) is 0.595. The number of nitrogens with zero attached hydrogens (tertiary/aromatic N) is 1. The van der Waals surface area contributed by atoms with Gasteiger partial charge in [-0.3, -0.25) is 4.99 Å². The Morgan fingerprint density at radius 3 is 2.56 bits per heavy atom. The van der Waals surface area contributed by atoms with Gasteiger partial charge in [-0.25, -0.2) is 0 Å². The summed E-state index contributed by atoms with van der Waals surface area (Å²) in [5.41, 5.74) is 6.20. The summed E-state index contributed by atoms with van der Waals surface area (Å²) in [7, 11) is 0. The Labute approximate surface area is 147 Å². The van der Waals surface area contributed by atoms with Crippen LogP contribution in [0.15, 0.2) is 59.6 Å². The van der Waals surface area contributed by atoms with E-state index in [1.165, 1.54) is 35.2 Å². The van der Waals surface area contributed by atoms with Crippen molar-refractivity contribution in [2.75, 3.05) is 0 Å². The van der Waals surface area contributed by atoms with Gasteiger partial charge in [0, 0.05) is 29.0 Å². The molecule has 3 aromatic rings. The van der Waals surface area contributed by atoms with Gasteiger partial charge in [0.05, 0.1) is 5.69 Å². The maximum absolute atomic E-state index is 10.5. The zero-order chi connectivity index (χ0) is 17.0. The minimum atomic E-state index is 0.330. The standard InChI is InChI=1S/C23H21NO/c1-14-9-11-15(12-10-14)22-18-7-4-8-19(18)24-20-13-21(25)16-5-2-3-6-17(16)23(20)22/h2-3,5-6,9-13,18,22,25H,4,7-8H2,1H3. The Morgan fingerprint density at radius 1 is 1.00 bits per heavy atom. The molecule has 3 aromatic carbocycles. The minimum absolute atomic E-state index is 0.330. The molecular weight excluding hydrogens is 306 g/mol. The summed E-state index contributed by atoms with van der Waals surface area (Å²) in [6, 6.07) is 19.0. The van der Waals surface area contributed by atoms with E-state index in [4.69, 9.17) is 4.99 Å². The summed E-state index contributed by atoms with van der Waals surface area (Å²) >= 11 is 0. The highest BCUT2D eigenvalue weighted by molar-refractivity contribution is 6.01. The summed E-state index contributed by atoms with van der Waals surface area (Å²) in [5.74, 6) is 1.15. The van der Waals surface area contributed by atoms with Gasteiger partial charge in [-0.2, -0.15) is 0 Å². The summed E-state index contributed by atoms with van der Waals surface area (Å²) in [4.78, 5) is 4.97. The molecule has 0 radical (unpaired) electrons. The molecule has 0 bridgehead atoms. The molecule has 1 fully saturated rings. The summed E-state index contributed by atoms with van der Waals surface area (Å²) in [6.45, 7) is 2.13. The molecule has 2 nitrogen and oxygen atoms in total. The third-order valence-electron chi connectivity index (χ3n) is 5.83. The van der Waals surface area contributed by atoms with Crippen LogP contribution in [0.3, 0.4) is 0 Å². The van der Waals surface area contributed by atoms with E-state index in [2.05, 4.69) is 43.3 Å². The van der Waals surface area contributed by atoms with Gasteiger partial charge >= 0.3 is 0 Å². The number of aliphatic imine (C=N–C) groups is 1. The molecular formula is C23H21NO. The van der Waals surface area contributed by atoms with Crippen molar-refractivity contribution in [3.8, 4) is 5.75 Å². The van der Waals surface area contributed by atoms with Crippen molar-refractivity contribution in [2.24, 2.45) is 10.9 Å². The molecule has 25 heavy (non-hydrogen) atoms. The van der Waals surface area contributed by atoms with Crippen LogP contribution >= 0.6 is 0 Å². The molecule has 1 aliphatic carbocycles. The van der Waals surface area contributed by atoms with Crippen molar-refractivity contribution in [1.82, 2.24) is 0 Å². The second kappa shape index (κ2) is 5.45. The Kier molecular flexibility index (Phi) is 3.21. The van der Waals surface area contributed by atoms with E-state index in [-0.39, 0.29) is 0 Å². The Bertz CT molecular complexity index is 1000. The highest BCUT2D eigenvalue weighted by atomic mass is 16.3. The van der Waals surface area contributed by atoms with E-state index in [0.29, 0.717) is 17.6 Å². The fourth-order valence-electron chi connectivity index (χ4n) is 4.67. The van der Waals surface area contributed by atoms with Crippen LogP contribution in [0.4, 0.5) is 5.69 Å². The number of phenols is 1. The van der Waals surface area contributed by atoms with Crippen LogP contribution in [0, 0.1) is 12.8 Å². The molecule has 1 saturated carbocycles. The van der Waals surface area contributed by atoms with Gasteiger partial charge in [-0.1, -0.05) is 54.1 Å². The molecule has 1 aliphatic heterocycles. The van der Waals surface area contributed by atoms with E-state index in [0.717, 1.165) is 22.9 Å². The second-order valence-corrected chi connectivity index (χ2v) is 7.36. The van der Waals surface area contributed by atoms with Gasteiger partial charge in [0.1, 0.15) is 5.75 Å².